The van der Waals surface area contributed by atoms with Crippen molar-refractivity contribution >= 4 is 17.7 Å². The van der Waals surface area contributed by atoms with Crippen LogP contribution < -0.4 is 10.6 Å². The molecule has 1 atom stereocenters. The normalized spacial score (nSPS) is 12.0. The molecule has 0 bridgehead atoms. The minimum absolute atomic E-state index is 0.309. The molecule has 0 aromatic heterocycles. The molecule has 118 valence electrons. The van der Waals surface area contributed by atoms with Crippen LogP contribution in [0, 0.1) is 11.3 Å². The molecular weight excluding hydrogens is 286 g/mol. The van der Waals surface area contributed by atoms with Crippen LogP contribution in [0.15, 0.2) is 24.3 Å². The van der Waals surface area contributed by atoms with Crippen molar-refractivity contribution in [2.45, 2.75) is 32.4 Å². The van der Waals surface area contributed by atoms with Gasteiger partial charge < -0.3 is 15.2 Å². The summed E-state index contributed by atoms with van der Waals surface area (Å²) >= 11 is 0. The Kier molecular flexibility index (Phi) is 5.90. The van der Waals surface area contributed by atoms with Gasteiger partial charge in [-0.3, -0.25) is 10.1 Å². The van der Waals surface area contributed by atoms with Crippen LogP contribution in [0.1, 0.15) is 31.1 Å². The largest absolute Gasteiger partial charge is 0.444 e. The standard InChI is InChI=1S/C15H19N3O4/c1-15(2,3)22-14(21)18-11-6-4-10(5-7-11)13(20)17-12(8-16)9-19/h4-7,12,19H,9H2,1-3H3,(H,17,20)(H,18,21). The van der Waals surface area contributed by atoms with Gasteiger partial charge in [0.1, 0.15) is 11.6 Å². The average molecular weight is 305 g/mol. The minimum Gasteiger partial charge on any atom is -0.444 e. The molecule has 1 aromatic rings. The first kappa shape index (κ1) is 17.5. The lowest BCUT2D eigenvalue weighted by Crippen LogP contribution is -2.36. The first-order valence-electron chi connectivity index (χ1n) is 6.66. The van der Waals surface area contributed by atoms with E-state index in [1.54, 1.807) is 39.0 Å². The zero-order chi connectivity index (χ0) is 16.8. The second kappa shape index (κ2) is 7.43. The third-order valence-electron chi connectivity index (χ3n) is 2.44. The van der Waals surface area contributed by atoms with Crippen LogP contribution >= 0.6 is 0 Å². The molecule has 1 unspecified atom stereocenters. The third kappa shape index (κ3) is 5.81. The Hall–Kier alpha value is -2.59. The maximum atomic E-state index is 11.8. The minimum atomic E-state index is -0.952. The number of hydrogen-bond acceptors (Lipinski definition) is 5. The van der Waals surface area contributed by atoms with E-state index in [0.717, 1.165) is 0 Å². The van der Waals surface area contributed by atoms with Gasteiger partial charge >= 0.3 is 6.09 Å². The number of rotatable bonds is 4. The van der Waals surface area contributed by atoms with Crippen molar-refractivity contribution in [1.29, 1.82) is 5.26 Å². The van der Waals surface area contributed by atoms with Crippen LogP contribution in [0.4, 0.5) is 10.5 Å². The van der Waals surface area contributed by atoms with E-state index >= 15 is 0 Å². The van der Waals surface area contributed by atoms with Crippen molar-refractivity contribution in [3.05, 3.63) is 29.8 Å². The Morgan fingerprint density at radius 1 is 1.32 bits per heavy atom. The first-order chi connectivity index (χ1) is 10.2. The Morgan fingerprint density at radius 2 is 1.91 bits per heavy atom. The Bertz CT molecular complexity index is 570. The molecule has 0 aliphatic rings. The van der Waals surface area contributed by atoms with E-state index < -0.39 is 30.3 Å². The molecule has 22 heavy (non-hydrogen) atoms. The van der Waals surface area contributed by atoms with Gasteiger partial charge in [-0.25, -0.2) is 4.79 Å². The van der Waals surface area contributed by atoms with E-state index in [0.29, 0.717) is 11.3 Å². The fourth-order valence-electron chi connectivity index (χ4n) is 1.49. The van der Waals surface area contributed by atoms with Crippen molar-refractivity contribution in [2.75, 3.05) is 11.9 Å². The lowest BCUT2D eigenvalue weighted by atomic mass is 10.2. The predicted octanol–water partition coefficient (Wildman–Crippen LogP) is 1.65. The number of amides is 2. The number of carbonyl (C=O) groups is 2. The summed E-state index contributed by atoms with van der Waals surface area (Å²) in [4.78, 5) is 23.4. The number of ether oxygens (including phenoxy) is 1. The number of hydrogen-bond donors (Lipinski definition) is 3. The van der Waals surface area contributed by atoms with Crippen molar-refractivity contribution in [3.8, 4) is 6.07 Å². The Labute approximate surface area is 128 Å². The summed E-state index contributed by atoms with van der Waals surface area (Å²) in [5.74, 6) is -0.482. The number of carbonyl (C=O) groups excluding carboxylic acids is 2. The molecule has 7 nitrogen and oxygen atoms in total. The molecule has 0 radical (unpaired) electrons. The summed E-state index contributed by atoms with van der Waals surface area (Å²) in [6.45, 7) is 4.81. The highest BCUT2D eigenvalue weighted by atomic mass is 16.6. The molecule has 7 heteroatoms. The van der Waals surface area contributed by atoms with Crippen LogP contribution in [0.2, 0.25) is 0 Å². The SMILES string of the molecule is CC(C)(C)OC(=O)Nc1ccc(C(=O)NC(C#N)CO)cc1. The van der Waals surface area contributed by atoms with Gasteiger partial charge in [-0.15, -0.1) is 0 Å². The van der Waals surface area contributed by atoms with E-state index in [2.05, 4.69) is 10.6 Å². The van der Waals surface area contributed by atoms with Gasteiger partial charge in [0.15, 0.2) is 0 Å². The van der Waals surface area contributed by atoms with E-state index in [9.17, 15) is 9.59 Å². The van der Waals surface area contributed by atoms with Crippen LogP contribution in [0.5, 0.6) is 0 Å². The van der Waals surface area contributed by atoms with Crippen LogP contribution in [0.3, 0.4) is 0 Å². The number of nitrogens with one attached hydrogen (secondary N) is 2. The lowest BCUT2D eigenvalue weighted by molar-refractivity contribution is 0.0635. The number of benzene rings is 1. The average Bonchev–Trinajstić information content (AvgIpc) is 2.43. The predicted molar refractivity (Wildman–Crippen MR) is 80.3 cm³/mol. The van der Waals surface area contributed by atoms with Crippen LogP contribution in [0.25, 0.3) is 0 Å². The maximum Gasteiger partial charge on any atom is 0.412 e. The number of nitrogens with zero attached hydrogens (tertiary/aromatic N) is 1. The quantitative estimate of drug-likeness (QED) is 0.783. The molecule has 0 aliphatic carbocycles. The molecular formula is C15H19N3O4. The molecule has 2 amide bonds. The molecule has 1 aromatic carbocycles. The summed E-state index contributed by atoms with van der Waals surface area (Å²) in [7, 11) is 0. The summed E-state index contributed by atoms with van der Waals surface area (Å²) in [5, 5.41) is 22.4. The topological polar surface area (TPSA) is 111 Å². The van der Waals surface area contributed by atoms with Gasteiger partial charge in [-0.2, -0.15) is 5.26 Å². The summed E-state index contributed by atoms with van der Waals surface area (Å²) in [6, 6.07) is 6.87. The summed E-state index contributed by atoms with van der Waals surface area (Å²) in [6.07, 6.45) is -0.588. The fraction of sp³-hybridized carbons (Fsp3) is 0.400. The summed E-state index contributed by atoms with van der Waals surface area (Å²) in [5.41, 5.74) is 0.189. The zero-order valence-corrected chi connectivity index (χ0v) is 12.7. The maximum absolute atomic E-state index is 11.8. The van der Waals surface area contributed by atoms with Crippen molar-refractivity contribution in [1.82, 2.24) is 5.32 Å². The lowest BCUT2D eigenvalue weighted by Gasteiger charge is -2.19. The van der Waals surface area contributed by atoms with E-state index in [1.165, 1.54) is 12.1 Å². The van der Waals surface area contributed by atoms with Crippen molar-refractivity contribution in [3.63, 3.8) is 0 Å². The molecule has 0 aliphatic heterocycles. The van der Waals surface area contributed by atoms with Gasteiger partial charge in [0.25, 0.3) is 5.91 Å². The molecule has 1 rings (SSSR count). The van der Waals surface area contributed by atoms with Gasteiger partial charge in [-0.05, 0) is 45.0 Å². The molecule has 0 saturated heterocycles. The highest BCUT2D eigenvalue weighted by Crippen LogP contribution is 2.13. The molecule has 0 heterocycles. The number of anilines is 1. The number of aliphatic hydroxyl groups is 1. The highest BCUT2D eigenvalue weighted by Gasteiger charge is 2.16. The highest BCUT2D eigenvalue weighted by molar-refractivity contribution is 5.95. The van der Waals surface area contributed by atoms with Gasteiger partial charge in [0.05, 0.1) is 12.7 Å². The monoisotopic (exact) mass is 305 g/mol. The van der Waals surface area contributed by atoms with Gasteiger partial charge in [-0.1, -0.05) is 0 Å². The fourth-order valence-corrected chi connectivity index (χ4v) is 1.49. The van der Waals surface area contributed by atoms with E-state index in [4.69, 9.17) is 15.1 Å². The summed E-state index contributed by atoms with van der Waals surface area (Å²) < 4.78 is 5.11. The first-order valence-corrected chi connectivity index (χ1v) is 6.66. The molecule has 0 spiro atoms. The zero-order valence-electron chi connectivity index (χ0n) is 12.7. The van der Waals surface area contributed by atoms with Gasteiger partial charge in [0.2, 0.25) is 0 Å². The molecule has 0 saturated carbocycles. The number of nitriles is 1. The van der Waals surface area contributed by atoms with Crippen LogP contribution in [-0.2, 0) is 4.74 Å². The van der Waals surface area contributed by atoms with Crippen molar-refractivity contribution < 1.29 is 19.4 Å². The Morgan fingerprint density at radius 3 is 2.36 bits per heavy atom. The van der Waals surface area contributed by atoms with Gasteiger partial charge in [0, 0.05) is 11.3 Å². The second-order valence-electron chi connectivity index (χ2n) is 5.54. The van der Waals surface area contributed by atoms with E-state index in [-0.39, 0.29) is 0 Å². The molecule has 3 N–H and O–H groups in total. The second-order valence-corrected chi connectivity index (χ2v) is 5.54. The third-order valence-corrected chi connectivity index (χ3v) is 2.44. The number of aliphatic hydroxyl groups excluding tert-OH is 1. The Balaban J connectivity index is 2.65. The van der Waals surface area contributed by atoms with Crippen molar-refractivity contribution in [2.24, 2.45) is 0 Å². The van der Waals surface area contributed by atoms with E-state index in [1.807, 2.05) is 0 Å². The van der Waals surface area contributed by atoms with Crippen LogP contribution in [-0.4, -0.2) is 35.4 Å². The molecule has 0 fully saturated rings. The smallest absolute Gasteiger partial charge is 0.412 e.